The normalized spacial score (nSPS) is 30.4. The van der Waals surface area contributed by atoms with Crippen LogP contribution < -0.4 is 0 Å². The van der Waals surface area contributed by atoms with E-state index in [-0.39, 0.29) is 11.4 Å². The number of amides is 1. The van der Waals surface area contributed by atoms with E-state index < -0.39 is 0 Å². The Bertz CT molecular complexity index is 708. The van der Waals surface area contributed by atoms with E-state index in [1.54, 1.807) is 0 Å². The van der Waals surface area contributed by atoms with Crippen molar-refractivity contribution in [2.75, 3.05) is 52.6 Å². The van der Waals surface area contributed by atoms with Gasteiger partial charge < -0.3 is 19.3 Å². The molecule has 0 aliphatic carbocycles. The van der Waals surface area contributed by atoms with Gasteiger partial charge in [-0.15, -0.1) is 0 Å². The minimum atomic E-state index is -0.00575. The highest BCUT2D eigenvalue weighted by Gasteiger charge is 2.50. The van der Waals surface area contributed by atoms with E-state index >= 15 is 0 Å². The molecule has 1 unspecified atom stereocenters. The van der Waals surface area contributed by atoms with E-state index in [1.165, 1.54) is 18.4 Å². The van der Waals surface area contributed by atoms with E-state index in [1.807, 2.05) is 6.07 Å². The van der Waals surface area contributed by atoms with Gasteiger partial charge in [-0.1, -0.05) is 30.3 Å². The third kappa shape index (κ3) is 4.15. The van der Waals surface area contributed by atoms with Gasteiger partial charge in [0.2, 0.25) is 5.91 Å². The molecule has 0 N–H and O–H groups in total. The summed E-state index contributed by atoms with van der Waals surface area (Å²) in [7, 11) is 0. The van der Waals surface area contributed by atoms with Gasteiger partial charge in [0.15, 0.2) is 0 Å². The van der Waals surface area contributed by atoms with Crippen LogP contribution in [-0.2, 0) is 20.8 Å². The highest BCUT2D eigenvalue weighted by atomic mass is 16.5. The maximum absolute atomic E-state index is 13.1. The first kappa shape index (κ1) is 20.4. The minimum Gasteiger partial charge on any atom is -0.381 e. The van der Waals surface area contributed by atoms with Gasteiger partial charge >= 0.3 is 0 Å². The largest absolute Gasteiger partial charge is 0.381 e. The molecule has 1 atom stereocenters. The number of rotatable bonds is 4. The molecule has 1 aromatic carbocycles. The molecule has 0 saturated carbocycles. The number of nitrogens with zero attached hydrogens (tertiary/aromatic N) is 3. The van der Waals surface area contributed by atoms with Crippen molar-refractivity contribution in [2.45, 2.75) is 56.3 Å². The number of carbonyl (C=O) groups excluding carboxylic acids is 1. The molecule has 5 rings (SSSR count). The number of likely N-dealkylation sites (tertiary alicyclic amines) is 1. The molecule has 4 aliphatic rings. The summed E-state index contributed by atoms with van der Waals surface area (Å²) in [6.07, 6.45) is 5.68. The molecule has 30 heavy (non-hydrogen) atoms. The number of carbonyl (C=O) groups is 1. The van der Waals surface area contributed by atoms with Crippen LogP contribution in [0.25, 0.3) is 0 Å². The maximum atomic E-state index is 13.1. The monoisotopic (exact) mass is 413 g/mol. The van der Waals surface area contributed by atoms with E-state index in [2.05, 4.69) is 39.0 Å². The van der Waals surface area contributed by atoms with Crippen LogP contribution in [0, 0.1) is 0 Å². The quantitative estimate of drug-likeness (QED) is 0.757. The van der Waals surface area contributed by atoms with E-state index in [4.69, 9.17) is 9.47 Å². The van der Waals surface area contributed by atoms with Crippen molar-refractivity contribution < 1.29 is 14.3 Å². The van der Waals surface area contributed by atoms with Gasteiger partial charge in [0.05, 0.1) is 18.7 Å². The topological polar surface area (TPSA) is 45.3 Å². The number of benzene rings is 1. The molecule has 164 valence electrons. The van der Waals surface area contributed by atoms with Crippen LogP contribution >= 0.6 is 0 Å². The molecule has 0 bridgehead atoms. The first-order valence-electron chi connectivity index (χ1n) is 11.7. The summed E-state index contributed by atoms with van der Waals surface area (Å²) < 4.78 is 11.4. The predicted octanol–water partition coefficient (Wildman–Crippen LogP) is 2.13. The predicted molar refractivity (Wildman–Crippen MR) is 115 cm³/mol. The van der Waals surface area contributed by atoms with Crippen molar-refractivity contribution in [1.29, 1.82) is 0 Å². The lowest BCUT2D eigenvalue weighted by molar-refractivity contribution is -0.148. The van der Waals surface area contributed by atoms with Crippen LogP contribution in [0.5, 0.6) is 0 Å². The molecule has 6 nitrogen and oxygen atoms in total. The molecule has 4 saturated heterocycles. The zero-order valence-corrected chi connectivity index (χ0v) is 18.0. The Kier molecular flexibility index (Phi) is 6.10. The summed E-state index contributed by atoms with van der Waals surface area (Å²) in [5, 5.41) is 0. The summed E-state index contributed by atoms with van der Waals surface area (Å²) in [4.78, 5) is 20.4. The van der Waals surface area contributed by atoms with Crippen LogP contribution in [0.2, 0.25) is 0 Å². The second kappa shape index (κ2) is 8.95. The third-order valence-electron chi connectivity index (χ3n) is 7.70. The van der Waals surface area contributed by atoms with Gasteiger partial charge in [0.1, 0.15) is 0 Å². The molecule has 0 radical (unpaired) electrons. The average molecular weight is 414 g/mol. The second-order valence-electron chi connectivity index (χ2n) is 9.50. The summed E-state index contributed by atoms with van der Waals surface area (Å²) >= 11 is 0. The second-order valence-corrected chi connectivity index (χ2v) is 9.50. The number of hydrogen-bond donors (Lipinski definition) is 0. The lowest BCUT2D eigenvalue weighted by Gasteiger charge is -2.53. The molecule has 4 heterocycles. The summed E-state index contributed by atoms with van der Waals surface area (Å²) in [6, 6.07) is 11.5. The fourth-order valence-corrected chi connectivity index (χ4v) is 5.97. The Morgan fingerprint density at radius 3 is 2.40 bits per heavy atom. The van der Waals surface area contributed by atoms with Gasteiger partial charge in [-0.2, -0.15) is 0 Å². The summed E-state index contributed by atoms with van der Waals surface area (Å²) in [5.74, 6) is 0.267. The molecule has 1 aromatic rings. The fraction of sp³-hybridized carbons (Fsp3) is 0.708. The highest BCUT2D eigenvalue weighted by Crippen LogP contribution is 2.36. The number of piperidine rings is 1. The standard InChI is InChI=1S/C24H35N3O3/c28-23-17-27(22-6-11-25(12-7-22)21-8-13-29-14-9-21)24(10-15-30-19-24)18-26(23)16-20-4-2-1-3-5-20/h1-5,21-22H,6-19H2. The Morgan fingerprint density at radius 2 is 1.70 bits per heavy atom. The minimum absolute atomic E-state index is 0.00575. The Morgan fingerprint density at radius 1 is 0.933 bits per heavy atom. The molecule has 4 aliphatic heterocycles. The molecular weight excluding hydrogens is 378 g/mol. The average Bonchev–Trinajstić information content (AvgIpc) is 3.26. The van der Waals surface area contributed by atoms with Crippen LogP contribution in [0.3, 0.4) is 0 Å². The Labute approximate surface area is 180 Å². The Balaban J connectivity index is 1.25. The molecule has 1 amide bonds. The van der Waals surface area contributed by atoms with E-state index in [9.17, 15) is 4.79 Å². The third-order valence-corrected chi connectivity index (χ3v) is 7.70. The number of hydrogen-bond acceptors (Lipinski definition) is 5. The van der Waals surface area contributed by atoms with Crippen molar-refractivity contribution in [1.82, 2.24) is 14.7 Å². The molecule has 4 fully saturated rings. The fourth-order valence-electron chi connectivity index (χ4n) is 5.97. The lowest BCUT2D eigenvalue weighted by atomic mass is 9.87. The molecule has 0 aromatic heterocycles. The first-order chi connectivity index (χ1) is 14.7. The molecule has 1 spiro atoms. The van der Waals surface area contributed by atoms with Gasteiger partial charge in [-0.25, -0.2) is 0 Å². The van der Waals surface area contributed by atoms with Gasteiger partial charge in [-0.3, -0.25) is 9.69 Å². The molecular formula is C24H35N3O3. The number of piperazine rings is 1. The highest BCUT2D eigenvalue weighted by molar-refractivity contribution is 5.79. The molecule has 6 heteroatoms. The van der Waals surface area contributed by atoms with Crippen molar-refractivity contribution in [2.24, 2.45) is 0 Å². The van der Waals surface area contributed by atoms with E-state index in [0.717, 1.165) is 65.3 Å². The van der Waals surface area contributed by atoms with Crippen molar-refractivity contribution in [3.05, 3.63) is 35.9 Å². The SMILES string of the molecule is O=C1CN(C2CCN(C3CCOCC3)CC2)C2(CCOC2)CN1Cc1ccccc1. The van der Waals surface area contributed by atoms with E-state index in [0.29, 0.717) is 25.2 Å². The zero-order chi connectivity index (χ0) is 20.4. The number of ether oxygens (including phenoxy) is 2. The van der Waals surface area contributed by atoms with Gasteiger partial charge in [0, 0.05) is 45.0 Å². The van der Waals surface area contributed by atoms with Crippen molar-refractivity contribution >= 4 is 5.91 Å². The van der Waals surface area contributed by atoms with Crippen molar-refractivity contribution in [3.63, 3.8) is 0 Å². The van der Waals surface area contributed by atoms with Crippen LogP contribution in [0.4, 0.5) is 0 Å². The van der Waals surface area contributed by atoms with Crippen LogP contribution in [0.15, 0.2) is 30.3 Å². The zero-order valence-electron chi connectivity index (χ0n) is 18.0. The van der Waals surface area contributed by atoms with Gasteiger partial charge in [0.25, 0.3) is 0 Å². The van der Waals surface area contributed by atoms with Crippen molar-refractivity contribution in [3.8, 4) is 0 Å². The maximum Gasteiger partial charge on any atom is 0.237 e. The first-order valence-corrected chi connectivity index (χ1v) is 11.7. The Hall–Kier alpha value is -1.47. The smallest absolute Gasteiger partial charge is 0.237 e. The lowest BCUT2D eigenvalue weighted by Crippen LogP contribution is -2.68. The van der Waals surface area contributed by atoms with Crippen LogP contribution in [-0.4, -0.2) is 90.8 Å². The summed E-state index contributed by atoms with van der Waals surface area (Å²) in [6.45, 7) is 7.70. The van der Waals surface area contributed by atoms with Crippen LogP contribution in [0.1, 0.15) is 37.7 Å². The van der Waals surface area contributed by atoms with Gasteiger partial charge in [-0.05, 0) is 50.8 Å². The summed E-state index contributed by atoms with van der Waals surface area (Å²) in [5.41, 5.74) is 1.20.